The van der Waals surface area contributed by atoms with Gasteiger partial charge in [0, 0.05) is 6.21 Å². The van der Waals surface area contributed by atoms with Crippen molar-refractivity contribution in [2.45, 2.75) is 19.8 Å². The number of benzene rings is 2. The van der Waals surface area contributed by atoms with Crippen molar-refractivity contribution in [1.29, 1.82) is 0 Å². The lowest BCUT2D eigenvalue weighted by Gasteiger charge is -2.04. The molecule has 0 heterocycles. The van der Waals surface area contributed by atoms with Gasteiger partial charge in [-0.2, -0.15) is 0 Å². The number of aliphatic imine (C=N–C) groups is 1. The molecule has 0 aromatic heterocycles. The van der Waals surface area contributed by atoms with Crippen LogP contribution < -0.4 is 4.74 Å². The first kappa shape index (κ1) is 15.8. The summed E-state index contributed by atoms with van der Waals surface area (Å²) >= 11 is 0. The van der Waals surface area contributed by atoms with E-state index in [1.165, 1.54) is 0 Å². The van der Waals surface area contributed by atoms with Gasteiger partial charge in [0.1, 0.15) is 5.75 Å². The normalized spacial score (nSPS) is 10.8. The zero-order valence-electron chi connectivity index (χ0n) is 12.5. The molecule has 22 heavy (non-hydrogen) atoms. The molecule has 0 amide bonds. The number of ether oxygens (including phenoxy) is 1. The van der Waals surface area contributed by atoms with Gasteiger partial charge in [-0.15, -0.1) is 0 Å². The Bertz CT molecular complexity index is 630. The van der Waals surface area contributed by atoms with Gasteiger partial charge in [-0.05, 0) is 48.4 Å². The molecule has 0 fully saturated rings. The number of aromatic carboxylic acids is 1. The second-order valence-corrected chi connectivity index (χ2v) is 4.88. The predicted octanol–water partition coefficient (Wildman–Crippen LogP) is 4.31. The monoisotopic (exact) mass is 297 g/mol. The lowest BCUT2D eigenvalue weighted by Crippen LogP contribution is -1.95. The quantitative estimate of drug-likeness (QED) is 0.612. The van der Waals surface area contributed by atoms with E-state index in [9.17, 15) is 4.79 Å². The van der Waals surface area contributed by atoms with Crippen molar-refractivity contribution in [2.24, 2.45) is 4.99 Å². The molecule has 114 valence electrons. The Kier molecular flexibility index (Phi) is 5.72. The third kappa shape index (κ3) is 4.74. The van der Waals surface area contributed by atoms with Crippen LogP contribution in [0.3, 0.4) is 0 Å². The molecule has 4 heteroatoms. The van der Waals surface area contributed by atoms with Crippen LogP contribution in [0.15, 0.2) is 53.5 Å². The molecular weight excluding hydrogens is 278 g/mol. The van der Waals surface area contributed by atoms with Gasteiger partial charge in [-0.25, -0.2) is 4.79 Å². The highest BCUT2D eigenvalue weighted by molar-refractivity contribution is 5.89. The highest BCUT2D eigenvalue weighted by Crippen LogP contribution is 2.18. The standard InChI is InChI=1S/C18H19NO3/c1-2-3-12-22-17-10-8-16(9-11-17)19-13-14-4-6-15(7-5-14)18(20)21/h4-11,13H,2-3,12H2,1H3,(H,20,21). The number of carboxylic acid groups (broad SMARTS) is 1. The second kappa shape index (κ2) is 7.98. The molecule has 0 aliphatic carbocycles. The van der Waals surface area contributed by atoms with E-state index in [0.29, 0.717) is 0 Å². The number of carbonyl (C=O) groups is 1. The van der Waals surface area contributed by atoms with Gasteiger partial charge in [0.05, 0.1) is 17.9 Å². The largest absolute Gasteiger partial charge is 0.494 e. The minimum Gasteiger partial charge on any atom is -0.494 e. The zero-order chi connectivity index (χ0) is 15.8. The molecule has 0 aliphatic heterocycles. The summed E-state index contributed by atoms with van der Waals surface area (Å²) in [6.45, 7) is 2.86. The Hall–Kier alpha value is -2.62. The van der Waals surface area contributed by atoms with Crippen LogP contribution in [0.5, 0.6) is 5.75 Å². The second-order valence-electron chi connectivity index (χ2n) is 4.88. The summed E-state index contributed by atoms with van der Waals surface area (Å²) in [5.41, 5.74) is 1.95. The summed E-state index contributed by atoms with van der Waals surface area (Å²) in [7, 11) is 0. The molecule has 0 aliphatic rings. The molecule has 2 aromatic rings. The zero-order valence-corrected chi connectivity index (χ0v) is 12.5. The van der Waals surface area contributed by atoms with Crippen LogP contribution in [0.2, 0.25) is 0 Å². The summed E-state index contributed by atoms with van der Waals surface area (Å²) < 4.78 is 5.59. The summed E-state index contributed by atoms with van der Waals surface area (Å²) in [5, 5.41) is 8.84. The Morgan fingerprint density at radius 1 is 1.14 bits per heavy atom. The van der Waals surface area contributed by atoms with Crippen molar-refractivity contribution < 1.29 is 14.6 Å². The number of carboxylic acids is 1. The van der Waals surface area contributed by atoms with Gasteiger partial charge in [0.25, 0.3) is 0 Å². The highest BCUT2D eigenvalue weighted by Gasteiger charge is 2.00. The van der Waals surface area contributed by atoms with Crippen molar-refractivity contribution >= 4 is 17.9 Å². The maximum absolute atomic E-state index is 10.8. The number of unbranched alkanes of at least 4 members (excludes halogenated alkanes) is 1. The lowest BCUT2D eigenvalue weighted by atomic mass is 10.1. The van der Waals surface area contributed by atoms with E-state index >= 15 is 0 Å². The molecular formula is C18H19NO3. The fourth-order valence-electron chi connectivity index (χ4n) is 1.82. The fraction of sp³-hybridized carbons (Fsp3) is 0.222. The van der Waals surface area contributed by atoms with Crippen LogP contribution in [0, 0.1) is 0 Å². The van der Waals surface area contributed by atoms with Gasteiger partial charge in [0.2, 0.25) is 0 Å². The number of hydrogen-bond acceptors (Lipinski definition) is 3. The van der Waals surface area contributed by atoms with Crippen molar-refractivity contribution in [3.63, 3.8) is 0 Å². The summed E-state index contributed by atoms with van der Waals surface area (Å²) in [4.78, 5) is 15.1. The summed E-state index contributed by atoms with van der Waals surface area (Å²) in [6.07, 6.45) is 3.87. The topological polar surface area (TPSA) is 58.9 Å². The van der Waals surface area contributed by atoms with E-state index in [-0.39, 0.29) is 5.56 Å². The molecule has 0 atom stereocenters. The molecule has 1 N–H and O–H groups in total. The van der Waals surface area contributed by atoms with Crippen LogP contribution >= 0.6 is 0 Å². The van der Waals surface area contributed by atoms with Crippen LogP contribution in [-0.2, 0) is 0 Å². The molecule has 2 rings (SSSR count). The van der Waals surface area contributed by atoms with Gasteiger partial charge in [-0.3, -0.25) is 4.99 Å². The Morgan fingerprint density at radius 3 is 2.41 bits per heavy atom. The third-order valence-corrected chi connectivity index (χ3v) is 3.12. The maximum Gasteiger partial charge on any atom is 0.335 e. The van der Waals surface area contributed by atoms with Crippen molar-refractivity contribution in [2.75, 3.05) is 6.61 Å². The van der Waals surface area contributed by atoms with Crippen molar-refractivity contribution in [1.82, 2.24) is 0 Å². The van der Waals surface area contributed by atoms with Crippen LogP contribution in [-0.4, -0.2) is 23.9 Å². The third-order valence-electron chi connectivity index (χ3n) is 3.12. The van der Waals surface area contributed by atoms with Gasteiger partial charge in [-0.1, -0.05) is 25.5 Å². The van der Waals surface area contributed by atoms with Crippen molar-refractivity contribution in [3.05, 3.63) is 59.7 Å². The molecule has 0 unspecified atom stereocenters. The van der Waals surface area contributed by atoms with E-state index in [4.69, 9.17) is 9.84 Å². The van der Waals surface area contributed by atoms with Gasteiger partial charge >= 0.3 is 5.97 Å². The maximum atomic E-state index is 10.8. The average Bonchev–Trinajstić information content (AvgIpc) is 2.55. The average molecular weight is 297 g/mol. The summed E-state index contributed by atoms with van der Waals surface area (Å²) in [5.74, 6) is -0.0830. The number of hydrogen-bond donors (Lipinski definition) is 1. The predicted molar refractivity (Wildman–Crippen MR) is 87.5 cm³/mol. The highest BCUT2D eigenvalue weighted by atomic mass is 16.5. The lowest BCUT2D eigenvalue weighted by molar-refractivity contribution is 0.0697. The minimum absolute atomic E-state index is 0.269. The molecule has 0 spiro atoms. The Labute approximate surface area is 130 Å². The molecule has 0 bridgehead atoms. The van der Waals surface area contributed by atoms with Gasteiger partial charge < -0.3 is 9.84 Å². The van der Waals surface area contributed by atoms with Crippen molar-refractivity contribution in [3.8, 4) is 5.75 Å². The Balaban J connectivity index is 1.96. The van der Waals surface area contributed by atoms with E-state index in [0.717, 1.165) is 36.4 Å². The van der Waals surface area contributed by atoms with E-state index in [1.807, 2.05) is 24.3 Å². The first-order valence-electron chi connectivity index (χ1n) is 7.29. The van der Waals surface area contributed by atoms with E-state index in [2.05, 4.69) is 11.9 Å². The van der Waals surface area contributed by atoms with E-state index < -0.39 is 5.97 Å². The first-order valence-corrected chi connectivity index (χ1v) is 7.29. The molecule has 0 radical (unpaired) electrons. The molecule has 2 aromatic carbocycles. The molecule has 0 saturated carbocycles. The number of nitrogens with zero attached hydrogens (tertiary/aromatic N) is 1. The SMILES string of the molecule is CCCCOc1ccc(N=Cc2ccc(C(=O)O)cc2)cc1. The van der Waals surface area contributed by atoms with E-state index in [1.54, 1.807) is 30.5 Å². The van der Waals surface area contributed by atoms with Crippen LogP contribution in [0.25, 0.3) is 0 Å². The molecule has 0 saturated heterocycles. The van der Waals surface area contributed by atoms with Crippen LogP contribution in [0.4, 0.5) is 5.69 Å². The Morgan fingerprint density at radius 2 is 1.82 bits per heavy atom. The molecule has 4 nitrogen and oxygen atoms in total. The smallest absolute Gasteiger partial charge is 0.335 e. The fourth-order valence-corrected chi connectivity index (χ4v) is 1.82. The minimum atomic E-state index is -0.929. The summed E-state index contributed by atoms with van der Waals surface area (Å²) in [6, 6.07) is 14.2. The number of rotatable bonds is 7. The first-order chi connectivity index (χ1) is 10.7. The van der Waals surface area contributed by atoms with Gasteiger partial charge in [0.15, 0.2) is 0 Å². The van der Waals surface area contributed by atoms with Crippen LogP contribution in [0.1, 0.15) is 35.7 Å².